The Morgan fingerprint density at radius 2 is 2.00 bits per heavy atom. The average Bonchev–Trinajstić information content (AvgIpc) is 2.55. The van der Waals surface area contributed by atoms with Crippen LogP contribution in [0.2, 0.25) is 0 Å². The molecule has 1 aliphatic carbocycles. The van der Waals surface area contributed by atoms with Crippen molar-refractivity contribution in [2.45, 2.75) is 25.9 Å². The first-order valence-electron chi connectivity index (χ1n) is 7.66. The van der Waals surface area contributed by atoms with Crippen molar-refractivity contribution in [2.24, 2.45) is 0 Å². The Labute approximate surface area is 136 Å². The molecule has 0 saturated heterocycles. The summed E-state index contributed by atoms with van der Waals surface area (Å²) in [6.45, 7) is 3.78. The Morgan fingerprint density at radius 3 is 2.65 bits per heavy atom. The molecule has 1 aromatic carbocycles. The molecule has 4 heteroatoms. The Bertz CT molecular complexity index is 666. The fourth-order valence-electron chi connectivity index (χ4n) is 2.49. The summed E-state index contributed by atoms with van der Waals surface area (Å²) in [7, 11) is 0. The summed E-state index contributed by atoms with van der Waals surface area (Å²) in [6.07, 6.45) is 10.9. The van der Waals surface area contributed by atoms with Crippen molar-refractivity contribution in [3.63, 3.8) is 0 Å². The van der Waals surface area contributed by atoms with Crippen LogP contribution in [0.3, 0.4) is 0 Å². The highest BCUT2D eigenvalue weighted by atomic mass is 16.4. The molecule has 0 fully saturated rings. The molecule has 0 saturated carbocycles. The molecular weight excluding hydrogens is 290 g/mol. The van der Waals surface area contributed by atoms with Gasteiger partial charge in [-0.3, -0.25) is 0 Å². The van der Waals surface area contributed by atoms with E-state index in [-0.39, 0.29) is 13.2 Å². The van der Waals surface area contributed by atoms with Gasteiger partial charge in [-0.25, -0.2) is 4.79 Å². The predicted octanol–water partition coefficient (Wildman–Crippen LogP) is 2.98. The molecule has 0 unspecified atom stereocenters. The zero-order valence-corrected chi connectivity index (χ0v) is 13.1. The summed E-state index contributed by atoms with van der Waals surface area (Å²) in [5.41, 5.74) is 4.11. The van der Waals surface area contributed by atoms with Gasteiger partial charge in [0.25, 0.3) is 0 Å². The van der Waals surface area contributed by atoms with Crippen molar-refractivity contribution < 1.29 is 19.6 Å². The van der Waals surface area contributed by atoms with Gasteiger partial charge in [-0.1, -0.05) is 42.5 Å². The number of aliphatic carboxylic acids is 1. The molecule has 23 heavy (non-hydrogen) atoms. The molecule has 0 heterocycles. The number of rotatable bonds is 6. The normalized spacial score (nSPS) is 16.6. The Kier molecular flexibility index (Phi) is 6.06. The van der Waals surface area contributed by atoms with Crippen LogP contribution in [-0.2, 0) is 11.4 Å². The smallest absolute Gasteiger partial charge is 0.370 e. The lowest BCUT2D eigenvalue weighted by atomic mass is 9.98. The molecule has 0 bridgehead atoms. The average molecular weight is 312 g/mol. The molecule has 1 aliphatic rings. The van der Waals surface area contributed by atoms with E-state index in [9.17, 15) is 4.79 Å². The summed E-state index contributed by atoms with van der Waals surface area (Å²) in [6, 6.07) is 7.73. The van der Waals surface area contributed by atoms with E-state index in [4.69, 9.17) is 10.2 Å². The van der Waals surface area contributed by atoms with E-state index < -0.39 is 5.97 Å². The van der Waals surface area contributed by atoms with E-state index in [0.29, 0.717) is 0 Å². The van der Waals surface area contributed by atoms with E-state index in [1.54, 1.807) is 4.58 Å². The number of aliphatic hydroxyl groups excluding tert-OH is 1. The lowest BCUT2D eigenvalue weighted by Crippen LogP contribution is -2.19. The van der Waals surface area contributed by atoms with Crippen LogP contribution in [0.5, 0.6) is 0 Å². The number of carbonyl (C=O) groups is 1. The van der Waals surface area contributed by atoms with Gasteiger partial charge in [-0.05, 0) is 29.5 Å². The van der Waals surface area contributed by atoms with Gasteiger partial charge in [-0.2, -0.15) is 4.58 Å². The third-order valence-electron chi connectivity index (χ3n) is 3.74. The second-order valence-electron chi connectivity index (χ2n) is 5.58. The molecule has 1 aromatic rings. The minimum absolute atomic E-state index is 0.0551. The van der Waals surface area contributed by atoms with E-state index >= 15 is 0 Å². The van der Waals surface area contributed by atoms with Crippen molar-refractivity contribution in [2.75, 3.05) is 6.54 Å². The van der Waals surface area contributed by atoms with Crippen LogP contribution >= 0.6 is 0 Å². The summed E-state index contributed by atoms with van der Waals surface area (Å²) in [5.74, 6) is -0.872. The highest BCUT2D eigenvalue weighted by molar-refractivity contribution is 5.68. The predicted molar refractivity (Wildman–Crippen MR) is 91.3 cm³/mol. The van der Waals surface area contributed by atoms with Crippen molar-refractivity contribution >= 4 is 18.8 Å². The summed E-state index contributed by atoms with van der Waals surface area (Å²) < 4.78 is 1.55. The molecule has 0 atom stereocenters. The standard InChI is InChI=1S/C19H21NO3/c1-20(13-19(22)23)18-7-3-6-16(12-18)5-2-4-15-8-10-17(14-21)11-9-15/h2,4-5,8-12,21H,1,3,6-7,13-14H2/p+1/b4-2+,16-5-. The molecule has 2 rings (SSSR count). The quantitative estimate of drug-likeness (QED) is 0.627. The molecule has 2 N–H and O–H groups in total. The largest absolute Gasteiger partial charge is 0.477 e. The van der Waals surface area contributed by atoms with E-state index in [1.165, 1.54) is 5.57 Å². The number of hydrogen-bond acceptors (Lipinski definition) is 2. The third-order valence-corrected chi connectivity index (χ3v) is 3.74. The van der Waals surface area contributed by atoms with E-state index in [2.05, 4.69) is 6.72 Å². The van der Waals surface area contributed by atoms with Crippen LogP contribution < -0.4 is 0 Å². The van der Waals surface area contributed by atoms with Crippen LogP contribution in [0.1, 0.15) is 30.4 Å². The second-order valence-corrected chi connectivity index (χ2v) is 5.58. The number of hydrogen-bond donors (Lipinski definition) is 2. The van der Waals surface area contributed by atoms with Gasteiger partial charge in [0.15, 0.2) is 5.70 Å². The van der Waals surface area contributed by atoms with Gasteiger partial charge < -0.3 is 10.2 Å². The molecule has 0 aromatic heterocycles. The molecule has 4 nitrogen and oxygen atoms in total. The number of nitrogens with zero attached hydrogens (tertiary/aromatic N) is 1. The fourth-order valence-corrected chi connectivity index (χ4v) is 2.49. The zero-order valence-electron chi connectivity index (χ0n) is 13.1. The number of carboxylic acid groups (broad SMARTS) is 1. The van der Waals surface area contributed by atoms with Crippen molar-refractivity contribution in [1.82, 2.24) is 0 Å². The minimum atomic E-state index is -0.872. The SMILES string of the molecule is C=[N+](CC(=O)O)C1=C/C(=C\C=C\c2ccc(CO)cc2)CCC1. The lowest BCUT2D eigenvalue weighted by molar-refractivity contribution is -0.461. The highest BCUT2D eigenvalue weighted by Crippen LogP contribution is 2.22. The second kappa shape index (κ2) is 8.25. The fraction of sp³-hybridized carbons (Fsp3) is 0.263. The molecular formula is C19H22NO3+. The van der Waals surface area contributed by atoms with Crippen molar-refractivity contribution in [1.29, 1.82) is 0 Å². The van der Waals surface area contributed by atoms with Gasteiger partial charge in [0, 0.05) is 12.5 Å². The third kappa shape index (κ3) is 5.34. The van der Waals surface area contributed by atoms with Gasteiger partial charge in [0.2, 0.25) is 6.54 Å². The number of carboxylic acids is 1. The first kappa shape index (κ1) is 16.9. The molecule has 0 aliphatic heterocycles. The van der Waals surface area contributed by atoms with Gasteiger partial charge >= 0.3 is 5.97 Å². The number of benzene rings is 1. The van der Waals surface area contributed by atoms with Crippen molar-refractivity contribution in [3.05, 3.63) is 64.9 Å². The molecule has 0 radical (unpaired) electrons. The topological polar surface area (TPSA) is 60.5 Å². The summed E-state index contributed by atoms with van der Waals surface area (Å²) in [4.78, 5) is 10.8. The summed E-state index contributed by atoms with van der Waals surface area (Å²) >= 11 is 0. The van der Waals surface area contributed by atoms with E-state index in [1.807, 2.05) is 48.6 Å². The molecule has 0 amide bonds. The van der Waals surface area contributed by atoms with Crippen LogP contribution in [0, 0.1) is 0 Å². The first-order valence-corrected chi connectivity index (χ1v) is 7.66. The number of allylic oxidation sites excluding steroid dienone is 5. The maximum absolute atomic E-state index is 10.8. The van der Waals surface area contributed by atoms with Crippen LogP contribution in [0.15, 0.2) is 53.8 Å². The van der Waals surface area contributed by atoms with Crippen LogP contribution in [-0.4, -0.2) is 34.0 Å². The molecule has 120 valence electrons. The van der Waals surface area contributed by atoms with E-state index in [0.717, 1.165) is 36.1 Å². The van der Waals surface area contributed by atoms with Crippen LogP contribution in [0.25, 0.3) is 6.08 Å². The summed E-state index contributed by atoms with van der Waals surface area (Å²) in [5, 5.41) is 17.9. The molecule has 0 spiro atoms. The van der Waals surface area contributed by atoms with Gasteiger partial charge in [0.05, 0.1) is 6.61 Å². The minimum Gasteiger partial charge on any atom is -0.477 e. The Balaban J connectivity index is 2.04. The number of aliphatic hydroxyl groups is 1. The Morgan fingerprint density at radius 1 is 1.26 bits per heavy atom. The van der Waals surface area contributed by atoms with Crippen LogP contribution in [0.4, 0.5) is 0 Å². The zero-order chi connectivity index (χ0) is 16.7. The lowest BCUT2D eigenvalue weighted by Gasteiger charge is -2.11. The maximum Gasteiger partial charge on any atom is 0.370 e. The van der Waals surface area contributed by atoms with Gasteiger partial charge in [-0.15, -0.1) is 0 Å². The highest BCUT2D eigenvalue weighted by Gasteiger charge is 2.18. The van der Waals surface area contributed by atoms with Gasteiger partial charge in [0.1, 0.15) is 6.72 Å². The first-order chi connectivity index (χ1) is 11.1. The monoisotopic (exact) mass is 312 g/mol. The Hall–Kier alpha value is -2.46. The maximum atomic E-state index is 10.8. The van der Waals surface area contributed by atoms with Crippen molar-refractivity contribution in [3.8, 4) is 0 Å².